The number of nitrogen functional groups attached to an aromatic ring is 1. The molecule has 1 heterocycles. The average molecular weight is 251 g/mol. The smallest absolute Gasteiger partial charge is 0.269 e. The number of hydrogen-bond donors (Lipinski definition) is 4. The highest BCUT2D eigenvalue weighted by Crippen LogP contribution is 2.12. The lowest BCUT2D eigenvalue weighted by Gasteiger charge is -2.20. The topological polar surface area (TPSA) is 123 Å². The molecular formula is C11H17N5O2. The van der Waals surface area contributed by atoms with Crippen molar-refractivity contribution < 1.29 is 9.59 Å². The normalized spacial score (nSPS) is 10.8. The standard InChI is InChI=1S/C11H17N5O2/c1-11(2,10(12)18)6-15-9(17)8-5-7(16-13)3-4-14-8/h3-5H,6,13H2,1-2H3,(H2,12,18)(H,14,16)(H,15,17). The molecule has 1 aromatic heterocycles. The van der Waals surface area contributed by atoms with Gasteiger partial charge in [0.15, 0.2) is 0 Å². The quantitative estimate of drug-likeness (QED) is 0.419. The Morgan fingerprint density at radius 1 is 1.44 bits per heavy atom. The van der Waals surface area contributed by atoms with Crippen LogP contribution in [0.4, 0.5) is 5.69 Å². The number of nitrogens with two attached hydrogens (primary N) is 2. The number of amides is 2. The summed E-state index contributed by atoms with van der Waals surface area (Å²) in [7, 11) is 0. The maximum Gasteiger partial charge on any atom is 0.269 e. The van der Waals surface area contributed by atoms with E-state index in [-0.39, 0.29) is 18.1 Å². The third-order valence-corrected chi connectivity index (χ3v) is 2.52. The first-order valence-electron chi connectivity index (χ1n) is 5.37. The van der Waals surface area contributed by atoms with Gasteiger partial charge in [-0.05, 0) is 26.0 Å². The van der Waals surface area contributed by atoms with Gasteiger partial charge in [0, 0.05) is 12.7 Å². The second-order valence-corrected chi connectivity index (χ2v) is 4.50. The molecule has 7 heteroatoms. The minimum atomic E-state index is -0.806. The molecule has 0 atom stereocenters. The predicted molar refractivity (Wildman–Crippen MR) is 67.4 cm³/mol. The average Bonchev–Trinajstić information content (AvgIpc) is 2.36. The van der Waals surface area contributed by atoms with Crippen LogP contribution in [0.5, 0.6) is 0 Å². The predicted octanol–water partition coefficient (Wildman–Crippen LogP) is -0.391. The van der Waals surface area contributed by atoms with Crippen molar-refractivity contribution in [2.75, 3.05) is 12.0 Å². The summed E-state index contributed by atoms with van der Waals surface area (Å²) >= 11 is 0. The largest absolute Gasteiger partial charge is 0.369 e. The number of pyridine rings is 1. The number of hydrogen-bond acceptors (Lipinski definition) is 5. The summed E-state index contributed by atoms with van der Waals surface area (Å²) in [6.07, 6.45) is 1.46. The SMILES string of the molecule is CC(C)(CNC(=O)c1cc(NN)ccn1)C(N)=O. The van der Waals surface area contributed by atoms with Gasteiger partial charge in [-0.2, -0.15) is 0 Å². The van der Waals surface area contributed by atoms with Crippen molar-refractivity contribution >= 4 is 17.5 Å². The third-order valence-electron chi connectivity index (χ3n) is 2.52. The molecule has 1 aromatic rings. The lowest BCUT2D eigenvalue weighted by Crippen LogP contribution is -2.42. The second-order valence-electron chi connectivity index (χ2n) is 4.50. The van der Waals surface area contributed by atoms with Gasteiger partial charge in [-0.25, -0.2) is 0 Å². The number of primary amides is 1. The van der Waals surface area contributed by atoms with Crippen LogP contribution in [0, 0.1) is 5.41 Å². The molecule has 0 aliphatic rings. The molecule has 0 unspecified atom stereocenters. The van der Waals surface area contributed by atoms with Gasteiger partial charge in [0.25, 0.3) is 5.91 Å². The van der Waals surface area contributed by atoms with E-state index in [1.54, 1.807) is 19.9 Å². The number of carbonyl (C=O) groups excluding carboxylic acids is 2. The molecule has 0 spiro atoms. The molecule has 0 fully saturated rings. The lowest BCUT2D eigenvalue weighted by molar-refractivity contribution is -0.125. The van der Waals surface area contributed by atoms with E-state index in [1.165, 1.54) is 12.3 Å². The van der Waals surface area contributed by atoms with Crippen molar-refractivity contribution in [2.45, 2.75) is 13.8 Å². The third kappa shape index (κ3) is 3.42. The first-order valence-corrected chi connectivity index (χ1v) is 5.37. The van der Waals surface area contributed by atoms with Gasteiger partial charge >= 0.3 is 0 Å². The van der Waals surface area contributed by atoms with Crippen LogP contribution in [0.15, 0.2) is 18.3 Å². The Morgan fingerprint density at radius 2 is 2.11 bits per heavy atom. The molecule has 0 saturated heterocycles. The zero-order chi connectivity index (χ0) is 13.8. The van der Waals surface area contributed by atoms with Gasteiger partial charge in [0.1, 0.15) is 5.69 Å². The van der Waals surface area contributed by atoms with Gasteiger partial charge < -0.3 is 16.5 Å². The van der Waals surface area contributed by atoms with Crippen LogP contribution in [-0.2, 0) is 4.79 Å². The highest BCUT2D eigenvalue weighted by atomic mass is 16.2. The van der Waals surface area contributed by atoms with Gasteiger partial charge in [0.2, 0.25) is 5.91 Å². The van der Waals surface area contributed by atoms with E-state index in [2.05, 4.69) is 15.7 Å². The monoisotopic (exact) mass is 251 g/mol. The van der Waals surface area contributed by atoms with Crippen molar-refractivity contribution in [3.05, 3.63) is 24.0 Å². The summed E-state index contributed by atoms with van der Waals surface area (Å²) in [5.41, 5.74) is 7.61. The molecule has 0 bridgehead atoms. The highest BCUT2D eigenvalue weighted by Gasteiger charge is 2.25. The number of anilines is 1. The zero-order valence-corrected chi connectivity index (χ0v) is 10.4. The highest BCUT2D eigenvalue weighted by molar-refractivity contribution is 5.93. The van der Waals surface area contributed by atoms with Gasteiger partial charge in [-0.15, -0.1) is 0 Å². The Labute approximate surface area is 105 Å². The van der Waals surface area contributed by atoms with Crippen LogP contribution in [0.1, 0.15) is 24.3 Å². The molecule has 18 heavy (non-hydrogen) atoms. The fourth-order valence-corrected chi connectivity index (χ4v) is 1.12. The number of aromatic nitrogens is 1. The Morgan fingerprint density at radius 3 is 2.67 bits per heavy atom. The fourth-order valence-electron chi connectivity index (χ4n) is 1.12. The van der Waals surface area contributed by atoms with Crippen LogP contribution in [0.2, 0.25) is 0 Å². The summed E-state index contributed by atoms with van der Waals surface area (Å²) in [4.78, 5) is 26.8. The summed E-state index contributed by atoms with van der Waals surface area (Å²) < 4.78 is 0. The Kier molecular flexibility index (Phi) is 4.22. The van der Waals surface area contributed by atoms with E-state index in [4.69, 9.17) is 11.6 Å². The molecule has 0 aliphatic carbocycles. The van der Waals surface area contributed by atoms with E-state index >= 15 is 0 Å². The van der Waals surface area contributed by atoms with Crippen molar-refractivity contribution in [1.82, 2.24) is 10.3 Å². The van der Waals surface area contributed by atoms with E-state index in [0.717, 1.165) is 0 Å². The van der Waals surface area contributed by atoms with E-state index < -0.39 is 11.3 Å². The zero-order valence-electron chi connectivity index (χ0n) is 10.4. The van der Waals surface area contributed by atoms with Crippen molar-refractivity contribution in [3.8, 4) is 0 Å². The molecule has 0 aromatic carbocycles. The van der Waals surface area contributed by atoms with Crippen LogP contribution < -0.4 is 22.3 Å². The molecule has 2 amide bonds. The fraction of sp³-hybridized carbons (Fsp3) is 0.364. The van der Waals surface area contributed by atoms with Crippen LogP contribution in [0.25, 0.3) is 0 Å². The van der Waals surface area contributed by atoms with Crippen LogP contribution >= 0.6 is 0 Å². The number of nitrogens with one attached hydrogen (secondary N) is 2. The lowest BCUT2D eigenvalue weighted by atomic mass is 9.93. The maximum atomic E-state index is 11.8. The van der Waals surface area contributed by atoms with Crippen molar-refractivity contribution in [3.63, 3.8) is 0 Å². The molecule has 0 aliphatic heterocycles. The first kappa shape index (κ1) is 13.9. The molecule has 98 valence electrons. The number of rotatable bonds is 5. The Balaban J connectivity index is 2.68. The van der Waals surface area contributed by atoms with Crippen LogP contribution in [-0.4, -0.2) is 23.3 Å². The second kappa shape index (κ2) is 5.46. The Hall–Kier alpha value is -2.15. The number of carbonyl (C=O) groups is 2. The molecule has 1 rings (SSSR count). The van der Waals surface area contributed by atoms with E-state index in [9.17, 15) is 9.59 Å². The van der Waals surface area contributed by atoms with Gasteiger partial charge in [0.05, 0.1) is 11.1 Å². The first-order chi connectivity index (χ1) is 8.36. The van der Waals surface area contributed by atoms with E-state index in [0.29, 0.717) is 5.69 Å². The summed E-state index contributed by atoms with van der Waals surface area (Å²) in [6, 6.07) is 3.14. The molecular weight excluding hydrogens is 234 g/mol. The summed E-state index contributed by atoms with van der Waals surface area (Å²) in [5.74, 6) is 4.36. The van der Waals surface area contributed by atoms with E-state index in [1.807, 2.05) is 0 Å². The number of hydrazine groups is 1. The number of nitrogens with zero attached hydrogens (tertiary/aromatic N) is 1. The Bertz CT molecular complexity index is 459. The van der Waals surface area contributed by atoms with Crippen molar-refractivity contribution in [2.24, 2.45) is 17.0 Å². The van der Waals surface area contributed by atoms with Crippen molar-refractivity contribution in [1.29, 1.82) is 0 Å². The minimum absolute atomic E-state index is 0.142. The van der Waals surface area contributed by atoms with Gasteiger partial charge in [-0.1, -0.05) is 0 Å². The molecule has 7 nitrogen and oxygen atoms in total. The summed E-state index contributed by atoms with van der Waals surface area (Å²) in [6.45, 7) is 3.45. The van der Waals surface area contributed by atoms with Gasteiger partial charge in [-0.3, -0.25) is 20.4 Å². The molecule has 6 N–H and O–H groups in total. The molecule has 0 saturated carbocycles. The maximum absolute atomic E-state index is 11.8. The van der Waals surface area contributed by atoms with Crippen LogP contribution in [0.3, 0.4) is 0 Å². The minimum Gasteiger partial charge on any atom is -0.369 e. The molecule has 0 radical (unpaired) electrons. The summed E-state index contributed by atoms with van der Waals surface area (Å²) in [5, 5.41) is 2.60.